The van der Waals surface area contributed by atoms with Crippen LogP contribution in [-0.4, -0.2) is 48.2 Å². The van der Waals surface area contributed by atoms with Gasteiger partial charge in [0.2, 0.25) is 5.91 Å². The Morgan fingerprint density at radius 3 is 2.88 bits per heavy atom. The highest BCUT2D eigenvalue weighted by Crippen LogP contribution is 2.21. The van der Waals surface area contributed by atoms with Gasteiger partial charge in [-0.15, -0.1) is 0 Å². The number of carbonyl (C=O) groups is 2. The molecule has 5 heteroatoms. The summed E-state index contributed by atoms with van der Waals surface area (Å²) in [4.78, 5) is 24.0. The maximum absolute atomic E-state index is 11.7. The van der Waals surface area contributed by atoms with Crippen molar-refractivity contribution in [1.29, 1.82) is 0 Å². The normalized spacial score (nSPS) is 20.3. The molecule has 0 saturated carbocycles. The molecule has 0 aliphatic carbocycles. The zero-order valence-corrected chi connectivity index (χ0v) is 10.4. The quantitative estimate of drug-likeness (QED) is 0.759. The number of piperidine rings is 1. The Kier molecular flexibility index (Phi) is 5.97. The zero-order chi connectivity index (χ0) is 12.7. The average molecular weight is 243 g/mol. The molecule has 0 bridgehead atoms. The van der Waals surface area contributed by atoms with E-state index < -0.39 is 5.97 Å². The molecule has 1 rings (SSSR count). The number of carbonyl (C=O) groups excluding carboxylic acids is 1. The minimum atomic E-state index is -0.761. The Hall–Kier alpha value is -1.10. The van der Waals surface area contributed by atoms with E-state index in [1.807, 2.05) is 6.92 Å². The summed E-state index contributed by atoms with van der Waals surface area (Å²) in [6, 6.07) is 0. The fourth-order valence-corrected chi connectivity index (χ4v) is 2.14. The van der Waals surface area contributed by atoms with E-state index in [9.17, 15) is 9.59 Å². The third-order valence-corrected chi connectivity index (χ3v) is 3.07. The fraction of sp³-hybridized carbons (Fsp3) is 0.833. The first kappa shape index (κ1) is 14.0. The van der Waals surface area contributed by atoms with E-state index in [0.29, 0.717) is 25.5 Å². The molecule has 0 aromatic heterocycles. The van der Waals surface area contributed by atoms with Gasteiger partial charge in [-0.3, -0.25) is 9.59 Å². The average Bonchev–Trinajstić information content (AvgIpc) is 2.33. The van der Waals surface area contributed by atoms with E-state index in [2.05, 4.69) is 0 Å². The third-order valence-electron chi connectivity index (χ3n) is 3.07. The van der Waals surface area contributed by atoms with Crippen molar-refractivity contribution in [2.45, 2.75) is 32.6 Å². The number of hydrogen-bond acceptors (Lipinski definition) is 3. The van der Waals surface area contributed by atoms with Crippen LogP contribution >= 0.6 is 0 Å². The Morgan fingerprint density at radius 2 is 2.24 bits per heavy atom. The number of rotatable bonds is 6. The predicted octanol–water partition coefficient (Wildman–Crippen LogP) is 1.13. The van der Waals surface area contributed by atoms with Crippen molar-refractivity contribution in [2.24, 2.45) is 5.92 Å². The summed E-state index contributed by atoms with van der Waals surface area (Å²) in [7, 11) is 0. The Balaban J connectivity index is 2.32. The number of carboxylic acid groups (broad SMARTS) is 1. The van der Waals surface area contributed by atoms with Gasteiger partial charge < -0.3 is 14.7 Å². The molecule has 1 aliphatic rings. The molecule has 1 N–H and O–H groups in total. The van der Waals surface area contributed by atoms with Crippen molar-refractivity contribution in [2.75, 3.05) is 26.3 Å². The lowest BCUT2D eigenvalue weighted by Crippen LogP contribution is -2.41. The van der Waals surface area contributed by atoms with Gasteiger partial charge in [0.05, 0.1) is 0 Å². The van der Waals surface area contributed by atoms with Crippen LogP contribution in [0.4, 0.5) is 0 Å². The highest BCUT2D eigenvalue weighted by Gasteiger charge is 2.23. The minimum absolute atomic E-state index is 0.0203. The van der Waals surface area contributed by atoms with Gasteiger partial charge in [0, 0.05) is 26.1 Å². The van der Waals surface area contributed by atoms with Gasteiger partial charge >= 0.3 is 5.97 Å². The summed E-state index contributed by atoms with van der Waals surface area (Å²) in [6.45, 7) is 4.00. The number of likely N-dealkylation sites (tertiary alicyclic amines) is 1. The highest BCUT2D eigenvalue weighted by atomic mass is 16.5. The van der Waals surface area contributed by atoms with Crippen LogP contribution in [0.5, 0.6) is 0 Å². The molecule has 1 unspecified atom stereocenters. The maximum Gasteiger partial charge on any atom is 0.303 e. The smallest absolute Gasteiger partial charge is 0.303 e. The first-order chi connectivity index (χ1) is 8.13. The van der Waals surface area contributed by atoms with E-state index in [4.69, 9.17) is 9.84 Å². The molecule has 1 saturated heterocycles. The van der Waals surface area contributed by atoms with Crippen molar-refractivity contribution in [3.05, 3.63) is 0 Å². The molecule has 98 valence electrons. The summed E-state index contributed by atoms with van der Waals surface area (Å²) in [5.41, 5.74) is 0. The van der Waals surface area contributed by atoms with Crippen LogP contribution in [0, 0.1) is 5.92 Å². The summed E-state index contributed by atoms with van der Waals surface area (Å²) < 4.78 is 5.10. The van der Waals surface area contributed by atoms with Gasteiger partial charge in [0.15, 0.2) is 0 Å². The molecule has 1 amide bonds. The second kappa shape index (κ2) is 7.27. The van der Waals surface area contributed by atoms with Gasteiger partial charge in [-0.25, -0.2) is 0 Å². The van der Waals surface area contributed by atoms with Crippen LogP contribution in [0.1, 0.15) is 32.6 Å². The van der Waals surface area contributed by atoms with Gasteiger partial charge in [-0.2, -0.15) is 0 Å². The van der Waals surface area contributed by atoms with E-state index in [0.717, 1.165) is 19.4 Å². The van der Waals surface area contributed by atoms with Crippen LogP contribution in [0.3, 0.4) is 0 Å². The van der Waals surface area contributed by atoms with E-state index in [1.165, 1.54) is 0 Å². The van der Waals surface area contributed by atoms with Crippen LogP contribution in [0.2, 0.25) is 0 Å². The summed E-state index contributed by atoms with van der Waals surface area (Å²) in [5, 5.41) is 8.63. The number of amides is 1. The molecule has 1 aliphatic heterocycles. The molecule has 0 aromatic carbocycles. The molecule has 0 radical (unpaired) electrons. The number of ether oxygens (including phenoxy) is 1. The van der Waals surface area contributed by atoms with Crippen LogP contribution in [0.25, 0.3) is 0 Å². The first-order valence-electron chi connectivity index (χ1n) is 6.20. The van der Waals surface area contributed by atoms with E-state index in [1.54, 1.807) is 4.90 Å². The standard InChI is InChI=1S/C12H21NO4/c1-2-17-9-11(14)13-7-3-4-10(8-13)5-6-12(15)16/h10H,2-9H2,1H3,(H,15,16). The third kappa shape index (κ3) is 5.17. The SMILES string of the molecule is CCOCC(=O)N1CCCC(CCC(=O)O)C1. The topological polar surface area (TPSA) is 66.8 Å². The first-order valence-corrected chi connectivity index (χ1v) is 6.20. The second-order valence-electron chi connectivity index (χ2n) is 4.42. The monoisotopic (exact) mass is 243 g/mol. The predicted molar refractivity (Wildman–Crippen MR) is 62.7 cm³/mol. The van der Waals surface area contributed by atoms with Gasteiger partial charge in [-0.05, 0) is 32.1 Å². The van der Waals surface area contributed by atoms with Crippen molar-refractivity contribution < 1.29 is 19.4 Å². The Labute approximate surface area is 102 Å². The number of hydrogen-bond donors (Lipinski definition) is 1. The maximum atomic E-state index is 11.7. The van der Waals surface area contributed by atoms with E-state index in [-0.39, 0.29) is 18.9 Å². The van der Waals surface area contributed by atoms with Crippen LogP contribution in [0.15, 0.2) is 0 Å². The fourth-order valence-electron chi connectivity index (χ4n) is 2.14. The lowest BCUT2D eigenvalue weighted by atomic mass is 9.93. The number of carboxylic acids is 1. The molecule has 1 fully saturated rings. The lowest BCUT2D eigenvalue weighted by Gasteiger charge is -2.32. The van der Waals surface area contributed by atoms with Gasteiger partial charge in [-0.1, -0.05) is 0 Å². The van der Waals surface area contributed by atoms with Gasteiger partial charge in [0.25, 0.3) is 0 Å². The molecule has 0 aromatic rings. The molecular weight excluding hydrogens is 222 g/mol. The van der Waals surface area contributed by atoms with Crippen LogP contribution in [-0.2, 0) is 14.3 Å². The number of nitrogens with zero attached hydrogens (tertiary/aromatic N) is 1. The molecule has 17 heavy (non-hydrogen) atoms. The summed E-state index contributed by atoms with van der Waals surface area (Å²) in [6.07, 6.45) is 2.83. The molecule has 5 nitrogen and oxygen atoms in total. The van der Waals surface area contributed by atoms with Crippen molar-refractivity contribution in [3.8, 4) is 0 Å². The van der Waals surface area contributed by atoms with Gasteiger partial charge in [0.1, 0.15) is 6.61 Å². The summed E-state index contributed by atoms with van der Waals surface area (Å²) in [5.74, 6) is -0.417. The molecule has 0 spiro atoms. The van der Waals surface area contributed by atoms with Crippen molar-refractivity contribution in [1.82, 2.24) is 4.90 Å². The van der Waals surface area contributed by atoms with Crippen molar-refractivity contribution >= 4 is 11.9 Å². The van der Waals surface area contributed by atoms with Crippen LogP contribution < -0.4 is 0 Å². The molecule has 1 atom stereocenters. The molecule has 1 heterocycles. The Morgan fingerprint density at radius 1 is 1.47 bits per heavy atom. The minimum Gasteiger partial charge on any atom is -0.481 e. The second-order valence-corrected chi connectivity index (χ2v) is 4.42. The Bertz CT molecular complexity index is 267. The molecular formula is C12H21NO4. The lowest BCUT2D eigenvalue weighted by molar-refractivity contribution is -0.138. The zero-order valence-electron chi connectivity index (χ0n) is 10.4. The number of aliphatic carboxylic acids is 1. The highest BCUT2D eigenvalue weighted by molar-refractivity contribution is 5.77. The summed E-state index contributed by atoms with van der Waals surface area (Å²) >= 11 is 0. The van der Waals surface area contributed by atoms with Crippen molar-refractivity contribution in [3.63, 3.8) is 0 Å². The largest absolute Gasteiger partial charge is 0.481 e. The van der Waals surface area contributed by atoms with E-state index >= 15 is 0 Å².